The highest BCUT2D eigenvalue weighted by molar-refractivity contribution is 7.16. The molecule has 19 heavy (non-hydrogen) atoms. The Balaban J connectivity index is 1.87. The summed E-state index contributed by atoms with van der Waals surface area (Å²) in [6, 6.07) is 0. The highest BCUT2D eigenvalue weighted by Gasteiger charge is 2.22. The van der Waals surface area contributed by atoms with Crippen LogP contribution in [-0.2, 0) is 6.54 Å². The van der Waals surface area contributed by atoms with Gasteiger partial charge in [-0.2, -0.15) is 5.10 Å². The molecule has 1 aromatic rings. The van der Waals surface area contributed by atoms with Crippen molar-refractivity contribution < 1.29 is 0 Å². The number of thiophene rings is 1. The molecule has 3 rings (SSSR count). The van der Waals surface area contributed by atoms with E-state index in [1.807, 2.05) is 0 Å². The minimum absolute atomic E-state index is 0.893. The number of hydrogen-bond donors (Lipinski definition) is 0. The number of nitrogens with zero attached hydrogens (tertiary/aromatic N) is 3. The van der Waals surface area contributed by atoms with Gasteiger partial charge in [0.15, 0.2) is 0 Å². The van der Waals surface area contributed by atoms with E-state index in [1.165, 1.54) is 46.0 Å². The van der Waals surface area contributed by atoms with Gasteiger partial charge in [0.05, 0.1) is 6.54 Å². The van der Waals surface area contributed by atoms with Crippen molar-refractivity contribution in [1.29, 1.82) is 0 Å². The number of hydrogen-bond acceptors (Lipinski definition) is 4. The van der Waals surface area contributed by atoms with E-state index in [9.17, 15) is 0 Å². The van der Waals surface area contributed by atoms with E-state index < -0.39 is 0 Å². The zero-order chi connectivity index (χ0) is 13.4. The third kappa shape index (κ3) is 2.46. The second kappa shape index (κ2) is 5.08. The van der Waals surface area contributed by atoms with Gasteiger partial charge in [-0.05, 0) is 52.0 Å². The molecular weight excluding hydrogens is 254 g/mol. The molecule has 3 nitrogen and oxygen atoms in total. The Morgan fingerprint density at radius 2 is 1.84 bits per heavy atom. The molecule has 2 aliphatic rings. The Morgan fingerprint density at radius 1 is 1.11 bits per heavy atom. The summed E-state index contributed by atoms with van der Waals surface area (Å²) in [5, 5.41) is 8.14. The van der Waals surface area contributed by atoms with Crippen LogP contribution in [0.2, 0.25) is 0 Å². The van der Waals surface area contributed by atoms with E-state index >= 15 is 0 Å². The number of aryl methyl sites for hydroxylation is 1. The average Bonchev–Trinajstić information content (AvgIpc) is 2.67. The molecule has 1 saturated carbocycles. The van der Waals surface area contributed by atoms with Crippen molar-refractivity contribution in [3.05, 3.63) is 16.0 Å². The molecule has 0 unspecified atom stereocenters. The van der Waals surface area contributed by atoms with Crippen molar-refractivity contribution in [1.82, 2.24) is 5.01 Å². The molecule has 1 aromatic heterocycles. The highest BCUT2D eigenvalue weighted by atomic mass is 32.1. The lowest BCUT2D eigenvalue weighted by molar-refractivity contribution is 0.424. The minimum atomic E-state index is 0.893. The van der Waals surface area contributed by atoms with Crippen LogP contribution in [0.3, 0.4) is 0 Å². The van der Waals surface area contributed by atoms with E-state index in [0.717, 1.165) is 25.2 Å². The molecule has 0 amide bonds. The summed E-state index contributed by atoms with van der Waals surface area (Å²) < 4.78 is 0. The standard InChI is InChI=1S/C15H21N3S/c1-10-11(2)19-15-14(10)9-18(12(3)16-15)17-13-7-5-4-6-8-13/h4-9H2,1-3H3. The Bertz CT molecular complexity index is 546. The van der Waals surface area contributed by atoms with E-state index in [1.54, 1.807) is 11.3 Å². The monoisotopic (exact) mass is 275 g/mol. The van der Waals surface area contributed by atoms with Crippen LogP contribution >= 0.6 is 11.3 Å². The van der Waals surface area contributed by atoms with Gasteiger partial charge in [-0.15, -0.1) is 11.3 Å². The first-order chi connectivity index (χ1) is 9.15. The first-order valence-corrected chi connectivity index (χ1v) is 7.95. The molecule has 0 saturated heterocycles. The van der Waals surface area contributed by atoms with Crippen molar-refractivity contribution >= 4 is 27.9 Å². The maximum Gasteiger partial charge on any atom is 0.124 e. The van der Waals surface area contributed by atoms with Crippen LogP contribution in [0.4, 0.5) is 5.00 Å². The van der Waals surface area contributed by atoms with Gasteiger partial charge in [-0.1, -0.05) is 6.42 Å². The van der Waals surface area contributed by atoms with Crippen molar-refractivity contribution in [2.24, 2.45) is 10.1 Å². The van der Waals surface area contributed by atoms with Crippen LogP contribution in [0.25, 0.3) is 0 Å². The van der Waals surface area contributed by atoms with Crippen LogP contribution in [0.15, 0.2) is 10.1 Å². The van der Waals surface area contributed by atoms with Gasteiger partial charge in [0.2, 0.25) is 0 Å². The van der Waals surface area contributed by atoms with Gasteiger partial charge < -0.3 is 0 Å². The second-order valence-corrected chi connectivity index (χ2v) is 6.71. The summed E-state index contributed by atoms with van der Waals surface area (Å²) in [5.41, 5.74) is 4.12. The fourth-order valence-electron chi connectivity index (χ4n) is 2.74. The summed E-state index contributed by atoms with van der Waals surface area (Å²) >= 11 is 1.81. The van der Waals surface area contributed by atoms with Crippen LogP contribution in [-0.4, -0.2) is 16.6 Å². The molecule has 0 spiro atoms. The zero-order valence-electron chi connectivity index (χ0n) is 12.0. The second-order valence-electron chi connectivity index (χ2n) is 5.51. The third-order valence-corrected chi connectivity index (χ3v) is 5.27. The maximum absolute atomic E-state index is 4.85. The van der Waals surface area contributed by atoms with E-state index in [4.69, 9.17) is 10.1 Å². The molecule has 0 atom stereocenters. The summed E-state index contributed by atoms with van der Waals surface area (Å²) in [6.45, 7) is 7.35. The first-order valence-electron chi connectivity index (χ1n) is 7.13. The normalized spacial score (nSPS) is 19.2. The van der Waals surface area contributed by atoms with Gasteiger partial charge in [-0.25, -0.2) is 10.0 Å². The molecule has 0 radical (unpaired) electrons. The summed E-state index contributed by atoms with van der Waals surface area (Å²) in [5.74, 6) is 1.03. The van der Waals surface area contributed by atoms with Crippen LogP contribution in [0, 0.1) is 13.8 Å². The van der Waals surface area contributed by atoms with Crippen LogP contribution in [0.5, 0.6) is 0 Å². The lowest BCUT2D eigenvalue weighted by Crippen LogP contribution is -2.27. The zero-order valence-corrected chi connectivity index (χ0v) is 12.8. The van der Waals surface area contributed by atoms with E-state index in [2.05, 4.69) is 25.8 Å². The number of hydrazone groups is 1. The molecule has 102 valence electrons. The molecule has 4 heteroatoms. The molecule has 1 aliphatic carbocycles. The quantitative estimate of drug-likeness (QED) is 0.739. The number of aliphatic imine (C=N–C) groups is 1. The molecule has 2 heterocycles. The number of fused-ring (bicyclic) bond motifs is 1. The van der Waals surface area contributed by atoms with Crippen molar-refractivity contribution in [3.8, 4) is 0 Å². The van der Waals surface area contributed by atoms with Crippen LogP contribution < -0.4 is 0 Å². The molecule has 0 aromatic carbocycles. The van der Waals surface area contributed by atoms with Gasteiger partial charge in [0.1, 0.15) is 10.8 Å². The van der Waals surface area contributed by atoms with Gasteiger partial charge in [0.25, 0.3) is 0 Å². The van der Waals surface area contributed by atoms with Crippen LogP contribution in [0.1, 0.15) is 55.0 Å². The summed E-state index contributed by atoms with van der Waals surface area (Å²) in [6.07, 6.45) is 6.28. The van der Waals surface area contributed by atoms with Crippen molar-refractivity contribution in [2.45, 2.75) is 59.4 Å². The molecule has 0 N–H and O–H groups in total. The smallest absolute Gasteiger partial charge is 0.124 e. The summed E-state index contributed by atoms with van der Waals surface area (Å²) in [7, 11) is 0. The topological polar surface area (TPSA) is 28.0 Å². The Hall–Kier alpha value is -1.16. The first kappa shape index (κ1) is 12.9. The summed E-state index contributed by atoms with van der Waals surface area (Å²) in [4.78, 5) is 6.11. The Morgan fingerprint density at radius 3 is 2.58 bits per heavy atom. The predicted octanol–water partition coefficient (Wildman–Crippen LogP) is 4.55. The fourth-order valence-corrected chi connectivity index (χ4v) is 3.82. The van der Waals surface area contributed by atoms with Crippen molar-refractivity contribution in [3.63, 3.8) is 0 Å². The van der Waals surface area contributed by atoms with Crippen molar-refractivity contribution in [2.75, 3.05) is 0 Å². The number of amidine groups is 1. The lowest BCUT2D eigenvalue weighted by atomic mass is 9.99. The predicted molar refractivity (Wildman–Crippen MR) is 82.6 cm³/mol. The van der Waals surface area contributed by atoms with E-state index in [0.29, 0.717) is 0 Å². The Kier molecular flexibility index (Phi) is 3.44. The lowest BCUT2D eigenvalue weighted by Gasteiger charge is -2.25. The molecular formula is C15H21N3S. The maximum atomic E-state index is 4.85. The minimum Gasteiger partial charge on any atom is -0.247 e. The molecule has 1 aliphatic heterocycles. The largest absolute Gasteiger partial charge is 0.247 e. The highest BCUT2D eigenvalue weighted by Crippen LogP contribution is 2.38. The van der Waals surface area contributed by atoms with Gasteiger partial charge in [-0.3, -0.25) is 0 Å². The van der Waals surface area contributed by atoms with Gasteiger partial charge >= 0.3 is 0 Å². The molecule has 1 fully saturated rings. The van der Waals surface area contributed by atoms with Gasteiger partial charge in [0, 0.05) is 16.2 Å². The third-order valence-electron chi connectivity index (χ3n) is 4.13. The average molecular weight is 275 g/mol. The SMILES string of the molecule is CC1=Nc2sc(C)c(C)c2CN1N=C1CCCCC1. The number of rotatable bonds is 1. The fraction of sp³-hybridized carbons (Fsp3) is 0.600. The van der Waals surface area contributed by atoms with E-state index in [-0.39, 0.29) is 0 Å². The molecule has 0 bridgehead atoms. The Labute approximate surface area is 119 Å².